The van der Waals surface area contributed by atoms with E-state index >= 15 is 0 Å². The smallest absolute Gasteiger partial charge is 0.0414 e. The Bertz CT molecular complexity index is 616. The molecule has 1 heteroatoms. The SMILES string of the molecule is CCCC(CC(C)C)C1=C\C=C(/C)C2=C/C(=C\1)C1CCCCC1(C)N2. The van der Waals surface area contributed by atoms with Crippen molar-refractivity contribution in [3.63, 3.8) is 0 Å². The van der Waals surface area contributed by atoms with Gasteiger partial charge >= 0.3 is 0 Å². The van der Waals surface area contributed by atoms with E-state index in [1.807, 2.05) is 0 Å². The highest BCUT2D eigenvalue weighted by Gasteiger charge is 2.41. The molecule has 0 saturated heterocycles. The number of nitrogens with one attached hydrogen (secondary N) is 1. The zero-order chi connectivity index (χ0) is 18.0. The quantitative estimate of drug-likeness (QED) is 0.588. The van der Waals surface area contributed by atoms with Crippen LogP contribution in [0.1, 0.15) is 79.6 Å². The van der Waals surface area contributed by atoms with Crippen molar-refractivity contribution in [1.82, 2.24) is 5.32 Å². The van der Waals surface area contributed by atoms with Gasteiger partial charge in [0.05, 0.1) is 0 Å². The Labute approximate surface area is 155 Å². The first-order valence-corrected chi connectivity index (χ1v) is 10.5. The average Bonchev–Trinajstić information content (AvgIpc) is 2.55. The largest absolute Gasteiger partial charge is 0.379 e. The van der Waals surface area contributed by atoms with Crippen LogP contribution in [0.2, 0.25) is 0 Å². The van der Waals surface area contributed by atoms with E-state index in [0.29, 0.717) is 11.8 Å². The van der Waals surface area contributed by atoms with Gasteiger partial charge < -0.3 is 5.32 Å². The lowest BCUT2D eigenvalue weighted by atomic mass is 9.67. The molecule has 0 aromatic heterocycles. The third-order valence-electron chi connectivity index (χ3n) is 6.49. The predicted octanol–water partition coefficient (Wildman–Crippen LogP) is 6.70. The minimum absolute atomic E-state index is 0.240. The third-order valence-corrected chi connectivity index (χ3v) is 6.49. The fourth-order valence-electron chi connectivity index (χ4n) is 5.13. The van der Waals surface area contributed by atoms with Gasteiger partial charge in [-0.1, -0.05) is 58.3 Å². The van der Waals surface area contributed by atoms with Crippen LogP contribution in [0.15, 0.2) is 46.7 Å². The summed E-state index contributed by atoms with van der Waals surface area (Å²) >= 11 is 0. The lowest BCUT2D eigenvalue weighted by Crippen LogP contribution is -2.53. The molecule has 0 aromatic rings. The Morgan fingerprint density at radius 3 is 2.72 bits per heavy atom. The Balaban J connectivity index is 2.00. The van der Waals surface area contributed by atoms with Gasteiger partial charge in [-0.3, -0.25) is 0 Å². The Morgan fingerprint density at radius 2 is 2.00 bits per heavy atom. The molecule has 1 saturated carbocycles. The van der Waals surface area contributed by atoms with Gasteiger partial charge in [0.2, 0.25) is 0 Å². The van der Waals surface area contributed by atoms with Crippen LogP contribution in [0, 0.1) is 17.8 Å². The molecule has 1 nitrogen and oxygen atoms in total. The monoisotopic (exact) mass is 339 g/mol. The van der Waals surface area contributed by atoms with Gasteiger partial charge in [0.15, 0.2) is 0 Å². The zero-order valence-electron chi connectivity index (χ0n) is 17.0. The van der Waals surface area contributed by atoms with Crippen molar-refractivity contribution in [2.75, 3.05) is 0 Å². The van der Waals surface area contributed by atoms with Gasteiger partial charge in [-0.2, -0.15) is 0 Å². The minimum atomic E-state index is 0.240. The highest BCUT2D eigenvalue weighted by atomic mass is 15.0. The van der Waals surface area contributed by atoms with E-state index in [4.69, 9.17) is 0 Å². The maximum absolute atomic E-state index is 3.90. The van der Waals surface area contributed by atoms with Crippen molar-refractivity contribution in [2.24, 2.45) is 17.8 Å². The van der Waals surface area contributed by atoms with E-state index < -0.39 is 0 Å². The molecule has 3 atom stereocenters. The molecule has 2 bridgehead atoms. The molecule has 2 aliphatic carbocycles. The van der Waals surface area contributed by atoms with E-state index in [-0.39, 0.29) is 5.54 Å². The van der Waals surface area contributed by atoms with E-state index in [1.54, 1.807) is 11.1 Å². The van der Waals surface area contributed by atoms with Crippen molar-refractivity contribution >= 4 is 0 Å². The summed E-state index contributed by atoms with van der Waals surface area (Å²) in [4.78, 5) is 0. The average molecular weight is 340 g/mol. The van der Waals surface area contributed by atoms with E-state index in [2.05, 4.69) is 64.2 Å². The predicted molar refractivity (Wildman–Crippen MR) is 109 cm³/mol. The van der Waals surface area contributed by atoms with Crippen LogP contribution >= 0.6 is 0 Å². The molecule has 3 unspecified atom stereocenters. The Kier molecular flexibility index (Phi) is 5.61. The van der Waals surface area contributed by atoms with Gasteiger partial charge in [-0.25, -0.2) is 0 Å². The van der Waals surface area contributed by atoms with Crippen LogP contribution in [-0.4, -0.2) is 5.54 Å². The number of hydrogen-bond donors (Lipinski definition) is 1. The molecule has 25 heavy (non-hydrogen) atoms. The molecule has 0 spiro atoms. The molecule has 1 aliphatic heterocycles. The van der Waals surface area contributed by atoms with Crippen LogP contribution in [0.5, 0.6) is 0 Å². The van der Waals surface area contributed by atoms with Gasteiger partial charge in [0.1, 0.15) is 0 Å². The molecule has 1 fully saturated rings. The maximum Gasteiger partial charge on any atom is 0.0414 e. The van der Waals surface area contributed by atoms with Gasteiger partial charge in [0.25, 0.3) is 0 Å². The van der Waals surface area contributed by atoms with E-state index in [9.17, 15) is 0 Å². The standard InChI is InChI=1S/C24H37N/c1-6-9-19(14-17(2)3)20-12-11-18(4)23-16-21(15-20)22-10-7-8-13-24(22,5)25-23/h11-12,15-17,19,22,25H,6-10,13-14H2,1-5H3/b12-11?,18-11+,20-12-,20-15?,21-15+,23-18?. The lowest BCUT2D eigenvalue weighted by Gasteiger charge is -2.48. The summed E-state index contributed by atoms with van der Waals surface area (Å²) in [5.41, 5.74) is 6.12. The number of fused-ring (bicyclic) bond motifs is 3. The van der Waals surface area contributed by atoms with E-state index in [0.717, 1.165) is 5.92 Å². The highest BCUT2D eigenvalue weighted by Crippen LogP contribution is 2.44. The van der Waals surface area contributed by atoms with Crippen LogP contribution in [0.4, 0.5) is 0 Å². The number of rotatable bonds is 5. The Hall–Kier alpha value is -1.24. The zero-order valence-corrected chi connectivity index (χ0v) is 17.0. The lowest BCUT2D eigenvalue weighted by molar-refractivity contribution is 0.197. The van der Waals surface area contributed by atoms with Gasteiger partial charge in [0, 0.05) is 17.2 Å². The van der Waals surface area contributed by atoms with Crippen molar-refractivity contribution in [3.8, 4) is 0 Å². The van der Waals surface area contributed by atoms with Crippen molar-refractivity contribution in [1.29, 1.82) is 0 Å². The molecular formula is C24H37N. The van der Waals surface area contributed by atoms with Crippen molar-refractivity contribution < 1.29 is 0 Å². The molecule has 1 N–H and O–H groups in total. The fourth-order valence-corrected chi connectivity index (χ4v) is 5.13. The van der Waals surface area contributed by atoms with Crippen LogP contribution in [0.3, 0.4) is 0 Å². The van der Waals surface area contributed by atoms with Crippen LogP contribution in [0.25, 0.3) is 0 Å². The highest BCUT2D eigenvalue weighted by molar-refractivity contribution is 5.49. The number of allylic oxidation sites excluding steroid dienone is 6. The van der Waals surface area contributed by atoms with Crippen LogP contribution in [-0.2, 0) is 0 Å². The summed E-state index contributed by atoms with van der Waals surface area (Å²) in [5, 5.41) is 3.90. The summed E-state index contributed by atoms with van der Waals surface area (Å²) < 4.78 is 0. The molecule has 3 rings (SSSR count). The molecule has 0 amide bonds. The third kappa shape index (κ3) is 3.96. The summed E-state index contributed by atoms with van der Waals surface area (Å²) in [6.45, 7) is 11.8. The minimum Gasteiger partial charge on any atom is -0.379 e. The first kappa shape index (κ1) is 18.5. The second kappa shape index (κ2) is 7.56. The van der Waals surface area contributed by atoms with Crippen molar-refractivity contribution in [2.45, 2.75) is 85.1 Å². The van der Waals surface area contributed by atoms with Gasteiger partial charge in [-0.05, 0) is 74.2 Å². The summed E-state index contributed by atoms with van der Waals surface area (Å²) in [5.74, 6) is 2.12. The van der Waals surface area contributed by atoms with Crippen molar-refractivity contribution in [3.05, 3.63) is 46.7 Å². The molecular weight excluding hydrogens is 302 g/mol. The molecule has 0 radical (unpaired) electrons. The first-order valence-electron chi connectivity index (χ1n) is 10.5. The van der Waals surface area contributed by atoms with Gasteiger partial charge in [-0.15, -0.1) is 0 Å². The summed E-state index contributed by atoms with van der Waals surface area (Å²) in [6.07, 6.45) is 19.0. The first-order chi connectivity index (χ1) is 11.9. The maximum atomic E-state index is 3.90. The second-order valence-corrected chi connectivity index (χ2v) is 9.17. The molecule has 0 aromatic carbocycles. The van der Waals surface area contributed by atoms with E-state index in [1.165, 1.54) is 56.2 Å². The fraction of sp³-hybridized carbons (Fsp3) is 0.667. The molecule has 1 heterocycles. The topological polar surface area (TPSA) is 12.0 Å². The van der Waals surface area contributed by atoms with Crippen LogP contribution < -0.4 is 5.32 Å². The normalized spacial score (nSPS) is 36.3. The molecule has 138 valence electrons. The molecule has 3 aliphatic rings. The second-order valence-electron chi connectivity index (χ2n) is 9.17. The Morgan fingerprint density at radius 1 is 1.20 bits per heavy atom. The summed E-state index contributed by atoms with van der Waals surface area (Å²) in [6, 6.07) is 0. The number of hydrogen-bond acceptors (Lipinski definition) is 1. The summed E-state index contributed by atoms with van der Waals surface area (Å²) in [7, 11) is 0.